The number of hydrogen-bond acceptors (Lipinski definition) is 3. The van der Waals surface area contributed by atoms with Gasteiger partial charge in [0.15, 0.2) is 5.78 Å². The van der Waals surface area contributed by atoms with Crippen LogP contribution in [0.5, 0.6) is 0 Å². The number of carbonyl (C=O) groups excluding carboxylic acids is 2. The molecule has 0 aromatic heterocycles. The van der Waals surface area contributed by atoms with Crippen molar-refractivity contribution >= 4 is 11.7 Å². The van der Waals surface area contributed by atoms with Crippen LogP contribution in [-0.4, -0.2) is 37.6 Å². The zero-order valence-corrected chi connectivity index (χ0v) is 13.0. The highest BCUT2D eigenvalue weighted by Crippen LogP contribution is 2.36. The third-order valence-electron chi connectivity index (χ3n) is 3.79. The molecule has 0 unspecified atom stereocenters. The van der Waals surface area contributed by atoms with E-state index in [1.165, 1.54) is 6.07 Å². The summed E-state index contributed by atoms with van der Waals surface area (Å²) in [5.41, 5.74) is 2.91. The van der Waals surface area contributed by atoms with E-state index in [4.69, 9.17) is 0 Å². The number of hydrogen-bond donors (Lipinski definition) is 1. The predicted octanol–water partition coefficient (Wildman–Crippen LogP) is 3.21. The molecule has 1 amide bonds. The molecule has 0 saturated heterocycles. The van der Waals surface area contributed by atoms with E-state index in [1.54, 1.807) is 24.3 Å². The average Bonchev–Trinajstić information content (AvgIpc) is 2.86. The van der Waals surface area contributed by atoms with E-state index >= 15 is 0 Å². The maximum absolute atomic E-state index is 12.4. The fourth-order valence-corrected chi connectivity index (χ4v) is 2.70. The van der Waals surface area contributed by atoms with Crippen LogP contribution in [-0.2, 0) is 4.74 Å². The molecule has 2 aromatic rings. The van der Waals surface area contributed by atoms with Crippen molar-refractivity contribution < 1.29 is 27.5 Å². The number of amides is 1. The van der Waals surface area contributed by atoms with Gasteiger partial charge in [0.05, 0.1) is 6.61 Å². The quantitative estimate of drug-likeness (QED) is 0.720. The fraction of sp³-hybridized carbons (Fsp3) is 0.222. The standard InChI is InChI=1S/C18H14F3NO3/c19-18(20,21)10-25-8-7-22-17(24)11-5-6-13-12-3-1-2-4-14(12)16(23)15(13)9-11/h1-6,9H,7-8,10H2,(H,22,24). The van der Waals surface area contributed by atoms with Crippen LogP contribution in [0.1, 0.15) is 26.3 Å². The second-order valence-corrected chi connectivity index (χ2v) is 5.56. The predicted molar refractivity (Wildman–Crippen MR) is 84.5 cm³/mol. The number of carbonyl (C=O) groups is 2. The third kappa shape index (κ3) is 3.71. The number of ether oxygens (including phenoxy) is 1. The molecule has 7 heteroatoms. The van der Waals surface area contributed by atoms with Crippen molar-refractivity contribution in [2.75, 3.05) is 19.8 Å². The van der Waals surface area contributed by atoms with Gasteiger partial charge < -0.3 is 10.1 Å². The summed E-state index contributed by atoms with van der Waals surface area (Å²) in [6, 6.07) is 12.0. The van der Waals surface area contributed by atoms with Crippen molar-refractivity contribution in [3.05, 3.63) is 59.2 Å². The van der Waals surface area contributed by atoms with Crippen molar-refractivity contribution in [2.24, 2.45) is 0 Å². The highest BCUT2D eigenvalue weighted by Gasteiger charge is 2.28. The van der Waals surface area contributed by atoms with Gasteiger partial charge in [-0.05, 0) is 23.3 Å². The zero-order valence-electron chi connectivity index (χ0n) is 13.0. The summed E-state index contributed by atoms with van der Waals surface area (Å²) in [4.78, 5) is 24.5. The smallest absolute Gasteiger partial charge is 0.370 e. The Morgan fingerprint density at radius 3 is 2.40 bits per heavy atom. The van der Waals surface area contributed by atoms with Crippen LogP contribution in [0.2, 0.25) is 0 Å². The number of ketones is 1. The summed E-state index contributed by atoms with van der Waals surface area (Å²) in [5, 5.41) is 2.47. The van der Waals surface area contributed by atoms with Gasteiger partial charge in [-0.1, -0.05) is 30.3 Å². The summed E-state index contributed by atoms with van der Waals surface area (Å²) in [6.45, 7) is -1.66. The minimum atomic E-state index is -4.39. The molecule has 0 atom stereocenters. The Labute approximate surface area is 141 Å². The van der Waals surface area contributed by atoms with Crippen LogP contribution in [0.25, 0.3) is 11.1 Å². The summed E-state index contributed by atoms with van der Waals surface area (Å²) < 4.78 is 40.2. The Kier molecular flexibility index (Phi) is 4.59. The molecule has 0 fully saturated rings. The minimum absolute atomic E-state index is 0.0554. The molecule has 25 heavy (non-hydrogen) atoms. The second-order valence-electron chi connectivity index (χ2n) is 5.56. The highest BCUT2D eigenvalue weighted by atomic mass is 19.4. The summed E-state index contributed by atoms with van der Waals surface area (Å²) in [6.07, 6.45) is -4.39. The van der Waals surface area contributed by atoms with E-state index in [2.05, 4.69) is 10.1 Å². The summed E-state index contributed by atoms with van der Waals surface area (Å²) in [7, 11) is 0. The molecule has 0 saturated carbocycles. The van der Waals surface area contributed by atoms with Crippen LogP contribution in [0, 0.1) is 0 Å². The lowest BCUT2D eigenvalue weighted by Gasteiger charge is -2.09. The Balaban J connectivity index is 1.63. The van der Waals surface area contributed by atoms with Crippen molar-refractivity contribution in [3.63, 3.8) is 0 Å². The molecule has 0 heterocycles. The summed E-state index contributed by atoms with van der Waals surface area (Å²) >= 11 is 0. The van der Waals surface area contributed by atoms with Crippen LogP contribution in [0.4, 0.5) is 13.2 Å². The molecule has 130 valence electrons. The molecule has 1 N–H and O–H groups in total. The molecule has 0 aliphatic heterocycles. The Morgan fingerprint density at radius 2 is 1.68 bits per heavy atom. The van der Waals surface area contributed by atoms with E-state index in [-0.39, 0.29) is 24.5 Å². The number of halogens is 3. The number of benzene rings is 2. The van der Waals surface area contributed by atoms with Crippen molar-refractivity contribution in [1.82, 2.24) is 5.32 Å². The number of rotatable bonds is 5. The van der Waals surface area contributed by atoms with Crippen LogP contribution in [0.3, 0.4) is 0 Å². The monoisotopic (exact) mass is 349 g/mol. The van der Waals surface area contributed by atoms with Crippen LogP contribution >= 0.6 is 0 Å². The van der Waals surface area contributed by atoms with Crippen molar-refractivity contribution in [3.8, 4) is 11.1 Å². The highest BCUT2D eigenvalue weighted by molar-refractivity contribution is 6.22. The lowest BCUT2D eigenvalue weighted by atomic mass is 10.0. The Hall–Kier alpha value is -2.67. The average molecular weight is 349 g/mol. The summed E-state index contributed by atoms with van der Waals surface area (Å²) in [5.74, 6) is -0.615. The zero-order chi connectivity index (χ0) is 18.0. The van der Waals surface area contributed by atoms with Gasteiger partial charge in [-0.2, -0.15) is 13.2 Å². The molecule has 2 aromatic carbocycles. The molecule has 0 spiro atoms. The Bertz CT molecular complexity index is 831. The molecule has 4 nitrogen and oxygen atoms in total. The van der Waals surface area contributed by atoms with Gasteiger partial charge in [0.2, 0.25) is 0 Å². The number of fused-ring (bicyclic) bond motifs is 3. The van der Waals surface area contributed by atoms with Crippen molar-refractivity contribution in [1.29, 1.82) is 0 Å². The molecule has 0 bridgehead atoms. The Morgan fingerprint density at radius 1 is 1.00 bits per heavy atom. The van der Waals surface area contributed by atoms with Gasteiger partial charge in [-0.25, -0.2) is 0 Å². The number of alkyl halides is 3. The lowest BCUT2D eigenvalue weighted by molar-refractivity contribution is -0.173. The number of nitrogens with one attached hydrogen (secondary N) is 1. The van der Waals surface area contributed by atoms with E-state index < -0.39 is 18.7 Å². The topological polar surface area (TPSA) is 55.4 Å². The molecular formula is C18H14F3NO3. The van der Waals surface area contributed by atoms with Gasteiger partial charge in [-0.15, -0.1) is 0 Å². The molecule has 0 radical (unpaired) electrons. The van der Waals surface area contributed by atoms with Gasteiger partial charge in [0.25, 0.3) is 5.91 Å². The molecule has 1 aliphatic carbocycles. The minimum Gasteiger partial charge on any atom is -0.370 e. The maximum atomic E-state index is 12.4. The largest absolute Gasteiger partial charge is 0.411 e. The van der Waals surface area contributed by atoms with Gasteiger partial charge in [-0.3, -0.25) is 9.59 Å². The first-order chi connectivity index (χ1) is 11.9. The van der Waals surface area contributed by atoms with E-state index in [1.807, 2.05) is 12.1 Å². The SMILES string of the molecule is O=C(NCCOCC(F)(F)F)c1ccc2c(c1)C(=O)c1ccccc1-2. The van der Waals surface area contributed by atoms with Crippen molar-refractivity contribution in [2.45, 2.75) is 6.18 Å². The molecular weight excluding hydrogens is 335 g/mol. The van der Waals surface area contributed by atoms with E-state index in [9.17, 15) is 22.8 Å². The normalized spacial score (nSPS) is 12.7. The lowest BCUT2D eigenvalue weighted by Crippen LogP contribution is -2.29. The third-order valence-corrected chi connectivity index (χ3v) is 3.79. The van der Waals surface area contributed by atoms with Gasteiger partial charge in [0.1, 0.15) is 6.61 Å². The van der Waals surface area contributed by atoms with Crippen LogP contribution in [0.15, 0.2) is 42.5 Å². The van der Waals surface area contributed by atoms with Gasteiger partial charge in [0, 0.05) is 23.2 Å². The fourth-order valence-electron chi connectivity index (χ4n) is 2.70. The van der Waals surface area contributed by atoms with Gasteiger partial charge >= 0.3 is 6.18 Å². The molecule has 1 aliphatic rings. The first kappa shape index (κ1) is 17.2. The first-order valence-corrected chi connectivity index (χ1v) is 7.58. The molecule has 3 rings (SSSR count). The van der Waals surface area contributed by atoms with E-state index in [0.29, 0.717) is 11.1 Å². The van der Waals surface area contributed by atoms with Crippen LogP contribution < -0.4 is 5.32 Å². The first-order valence-electron chi connectivity index (χ1n) is 7.58. The van der Waals surface area contributed by atoms with E-state index in [0.717, 1.165) is 11.1 Å². The maximum Gasteiger partial charge on any atom is 0.411 e. The second kappa shape index (κ2) is 6.68.